The summed E-state index contributed by atoms with van der Waals surface area (Å²) in [6, 6.07) is 0.449. The fraction of sp³-hybridized carbons (Fsp3) is 0.818. The lowest BCUT2D eigenvalue weighted by Crippen LogP contribution is -2.24. The van der Waals surface area contributed by atoms with Crippen molar-refractivity contribution in [2.75, 3.05) is 0 Å². The molecule has 12 heavy (non-hydrogen) atoms. The highest BCUT2D eigenvalue weighted by molar-refractivity contribution is 4.96. The second-order valence-corrected chi connectivity index (χ2v) is 3.83. The molecule has 0 aromatic rings. The van der Waals surface area contributed by atoms with Gasteiger partial charge in [0.2, 0.25) is 0 Å². The van der Waals surface area contributed by atoms with Gasteiger partial charge in [0, 0.05) is 12.5 Å². The van der Waals surface area contributed by atoms with Crippen molar-refractivity contribution in [2.24, 2.45) is 17.6 Å². The number of nitrogens with two attached hydrogens (primary N) is 1. The second kappa shape index (κ2) is 4.52. The van der Waals surface area contributed by atoms with Crippen molar-refractivity contribution < 1.29 is 0 Å². The molecule has 1 rings (SSSR count). The van der Waals surface area contributed by atoms with E-state index in [2.05, 4.69) is 18.8 Å². The van der Waals surface area contributed by atoms with Crippen LogP contribution in [0.1, 0.15) is 39.5 Å². The first-order valence-electron chi connectivity index (χ1n) is 4.91. The summed E-state index contributed by atoms with van der Waals surface area (Å²) in [7, 11) is 0. The van der Waals surface area contributed by atoms with Gasteiger partial charge in [0.1, 0.15) is 0 Å². The molecule has 0 aliphatic heterocycles. The molecule has 1 nitrogen and oxygen atoms in total. The van der Waals surface area contributed by atoms with Gasteiger partial charge in [-0.25, -0.2) is 0 Å². The highest BCUT2D eigenvalue weighted by atomic mass is 14.7. The number of hydrogen-bond acceptors (Lipinski definition) is 1. The maximum atomic E-state index is 5.94. The zero-order chi connectivity index (χ0) is 8.97. The highest BCUT2D eigenvalue weighted by Crippen LogP contribution is 2.33. The molecule has 0 aromatic carbocycles. The quantitative estimate of drug-likeness (QED) is 0.623. The molecular weight excluding hydrogens is 146 g/mol. The predicted octanol–water partition coefficient (Wildman–Crippen LogP) is 2.16. The standard InChI is InChI=1S/C11H19N/c1-3-4-5-6-10-7-8-11(12)9(10)2/h9-11H,5-8,12H2,1-2H3. The Hall–Kier alpha value is -0.480. The summed E-state index contributed by atoms with van der Waals surface area (Å²) in [5.74, 6) is 7.60. The Bertz CT molecular complexity index is 187. The summed E-state index contributed by atoms with van der Waals surface area (Å²) in [4.78, 5) is 0. The molecule has 0 amide bonds. The van der Waals surface area contributed by atoms with E-state index in [0.29, 0.717) is 12.0 Å². The Morgan fingerprint density at radius 3 is 2.67 bits per heavy atom. The Kier molecular flexibility index (Phi) is 3.62. The van der Waals surface area contributed by atoms with Crippen LogP contribution in [-0.4, -0.2) is 6.04 Å². The van der Waals surface area contributed by atoms with Crippen molar-refractivity contribution >= 4 is 0 Å². The van der Waals surface area contributed by atoms with E-state index in [1.54, 1.807) is 0 Å². The van der Waals surface area contributed by atoms with Gasteiger partial charge in [-0.3, -0.25) is 0 Å². The maximum absolute atomic E-state index is 5.94. The average Bonchev–Trinajstić information content (AvgIpc) is 2.36. The highest BCUT2D eigenvalue weighted by Gasteiger charge is 2.29. The van der Waals surface area contributed by atoms with E-state index in [1.807, 2.05) is 6.92 Å². The molecule has 2 N–H and O–H groups in total. The molecule has 3 atom stereocenters. The summed E-state index contributed by atoms with van der Waals surface area (Å²) in [5.41, 5.74) is 5.94. The second-order valence-electron chi connectivity index (χ2n) is 3.83. The van der Waals surface area contributed by atoms with Gasteiger partial charge >= 0.3 is 0 Å². The molecule has 0 radical (unpaired) electrons. The van der Waals surface area contributed by atoms with E-state index in [0.717, 1.165) is 12.3 Å². The molecule has 1 heteroatoms. The van der Waals surface area contributed by atoms with E-state index in [1.165, 1.54) is 19.3 Å². The smallest absolute Gasteiger partial charge is 0.00913 e. The zero-order valence-corrected chi connectivity index (χ0v) is 8.14. The molecule has 1 aliphatic rings. The van der Waals surface area contributed by atoms with E-state index in [4.69, 9.17) is 5.73 Å². The van der Waals surface area contributed by atoms with Gasteiger partial charge in [-0.1, -0.05) is 6.92 Å². The van der Waals surface area contributed by atoms with Crippen LogP contribution in [0.3, 0.4) is 0 Å². The van der Waals surface area contributed by atoms with E-state index < -0.39 is 0 Å². The molecule has 68 valence electrons. The van der Waals surface area contributed by atoms with Crippen molar-refractivity contribution in [1.29, 1.82) is 0 Å². The summed E-state index contributed by atoms with van der Waals surface area (Å²) >= 11 is 0. The van der Waals surface area contributed by atoms with E-state index in [-0.39, 0.29) is 0 Å². The Balaban J connectivity index is 2.27. The van der Waals surface area contributed by atoms with Crippen LogP contribution in [-0.2, 0) is 0 Å². The number of hydrogen-bond donors (Lipinski definition) is 1. The lowest BCUT2D eigenvalue weighted by molar-refractivity contribution is 0.374. The first-order valence-corrected chi connectivity index (χ1v) is 4.91. The Morgan fingerprint density at radius 1 is 1.42 bits per heavy atom. The van der Waals surface area contributed by atoms with Crippen LogP contribution in [0.25, 0.3) is 0 Å². The molecule has 1 fully saturated rings. The van der Waals surface area contributed by atoms with Crippen LogP contribution in [0.2, 0.25) is 0 Å². The molecule has 0 bridgehead atoms. The average molecular weight is 165 g/mol. The van der Waals surface area contributed by atoms with Gasteiger partial charge in [0.05, 0.1) is 0 Å². The molecule has 1 saturated carbocycles. The molecule has 3 unspecified atom stereocenters. The van der Waals surface area contributed by atoms with Gasteiger partial charge in [-0.2, -0.15) is 0 Å². The third kappa shape index (κ3) is 2.25. The maximum Gasteiger partial charge on any atom is 0.00913 e. The van der Waals surface area contributed by atoms with Gasteiger partial charge in [-0.15, -0.1) is 11.8 Å². The Morgan fingerprint density at radius 2 is 2.17 bits per heavy atom. The van der Waals surface area contributed by atoms with Crippen molar-refractivity contribution in [2.45, 2.75) is 45.6 Å². The number of rotatable bonds is 2. The first-order chi connectivity index (χ1) is 5.75. The normalized spacial score (nSPS) is 34.4. The van der Waals surface area contributed by atoms with Gasteiger partial charge in [0.15, 0.2) is 0 Å². The summed E-state index contributed by atoms with van der Waals surface area (Å²) < 4.78 is 0. The van der Waals surface area contributed by atoms with E-state index >= 15 is 0 Å². The van der Waals surface area contributed by atoms with Crippen LogP contribution in [0.4, 0.5) is 0 Å². The fourth-order valence-corrected chi connectivity index (χ4v) is 2.07. The van der Waals surface area contributed by atoms with Gasteiger partial charge < -0.3 is 5.73 Å². The van der Waals surface area contributed by atoms with Crippen molar-refractivity contribution in [3.63, 3.8) is 0 Å². The van der Waals surface area contributed by atoms with Crippen LogP contribution in [0, 0.1) is 23.7 Å². The molecule has 1 aliphatic carbocycles. The van der Waals surface area contributed by atoms with Crippen LogP contribution >= 0.6 is 0 Å². The topological polar surface area (TPSA) is 26.0 Å². The SMILES string of the molecule is CC#CCCC1CCC(N)C1C. The summed E-state index contributed by atoms with van der Waals surface area (Å²) in [6.45, 7) is 4.19. The predicted molar refractivity (Wildman–Crippen MR) is 52.5 cm³/mol. The van der Waals surface area contributed by atoms with Crippen molar-refractivity contribution in [1.82, 2.24) is 0 Å². The molecular formula is C11H19N. The lowest BCUT2D eigenvalue weighted by atomic mass is 9.92. The molecule has 0 heterocycles. The van der Waals surface area contributed by atoms with Crippen molar-refractivity contribution in [3.05, 3.63) is 0 Å². The first kappa shape index (κ1) is 9.61. The summed E-state index contributed by atoms with van der Waals surface area (Å²) in [5, 5.41) is 0. The molecule has 0 saturated heterocycles. The molecule has 0 aromatic heterocycles. The monoisotopic (exact) mass is 165 g/mol. The minimum Gasteiger partial charge on any atom is -0.327 e. The Labute approximate surface area is 75.7 Å². The largest absolute Gasteiger partial charge is 0.327 e. The lowest BCUT2D eigenvalue weighted by Gasteiger charge is -2.16. The zero-order valence-electron chi connectivity index (χ0n) is 8.14. The third-order valence-electron chi connectivity index (χ3n) is 3.11. The minimum absolute atomic E-state index is 0.449. The third-order valence-corrected chi connectivity index (χ3v) is 3.11. The minimum atomic E-state index is 0.449. The van der Waals surface area contributed by atoms with E-state index in [9.17, 15) is 0 Å². The van der Waals surface area contributed by atoms with Gasteiger partial charge in [0.25, 0.3) is 0 Å². The van der Waals surface area contributed by atoms with Gasteiger partial charge in [-0.05, 0) is 38.0 Å². The van der Waals surface area contributed by atoms with Crippen LogP contribution in [0.5, 0.6) is 0 Å². The van der Waals surface area contributed by atoms with Crippen LogP contribution in [0.15, 0.2) is 0 Å². The van der Waals surface area contributed by atoms with Crippen molar-refractivity contribution in [3.8, 4) is 11.8 Å². The fourth-order valence-electron chi connectivity index (χ4n) is 2.07. The van der Waals surface area contributed by atoms with Crippen LogP contribution < -0.4 is 5.73 Å². The summed E-state index contributed by atoms with van der Waals surface area (Å²) in [6.07, 6.45) is 4.83. The molecule has 0 spiro atoms.